The molecule has 1 fully saturated rings. The molecule has 0 aliphatic heterocycles. The van der Waals surface area contributed by atoms with Gasteiger partial charge in [-0.25, -0.2) is 0 Å². The van der Waals surface area contributed by atoms with E-state index < -0.39 is 5.60 Å². The van der Waals surface area contributed by atoms with E-state index in [1.165, 1.54) is 56.9 Å². The van der Waals surface area contributed by atoms with Gasteiger partial charge in [0.25, 0.3) is 0 Å². The van der Waals surface area contributed by atoms with Crippen molar-refractivity contribution in [3.05, 3.63) is 11.6 Å². The summed E-state index contributed by atoms with van der Waals surface area (Å²) >= 11 is 0. The highest BCUT2D eigenvalue weighted by Gasteiger charge is 2.51. The predicted octanol–water partition coefficient (Wildman–Crippen LogP) is 5.23. The lowest BCUT2D eigenvalue weighted by Gasteiger charge is -2.14. The van der Waals surface area contributed by atoms with Crippen molar-refractivity contribution in [1.82, 2.24) is 0 Å². The molecule has 18 heavy (non-hydrogen) atoms. The first-order valence-corrected chi connectivity index (χ1v) is 8.03. The number of hydrogen-bond acceptors (Lipinski definition) is 1. The van der Waals surface area contributed by atoms with Crippen LogP contribution in [0.25, 0.3) is 0 Å². The highest BCUT2D eigenvalue weighted by atomic mass is 16.3. The Kier molecular flexibility index (Phi) is 6.99. The van der Waals surface area contributed by atoms with E-state index in [1.54, 1.807) is 0 Å². The van der Waals surface area contributed by atoms with Gasteiger partial charge in [-0.15, -0.1) is 0 Å². The minimum atomic E-state index is -0.421. The second-order valence-corrected chi connectivity index (χ2v) is 6.07. The molecule has 1 heteroatoms. The molecule has 1 aliphatic carbocycles. The highest BCUT2D eigenvalue weighted by molar-refractivity contribution is 5.26. The van der Waals surface area contributed by atoms with Crippen LogP contribution in [-0.4, -0.2) is 10.7 Å². The van der Waals surface area contributed by atoms with Crippen molar-refractivity contribution < 1.29 is 5.11 Å². The van der Waals surface area contributed by atoms with Crippen LogP contribution >= 0.6 is 0 Å². The van der Waals surface area contributed by atoms with E-state index in [9.17, 15) is 5.11 Å². The van der Waals surface area contributed by atoms with Crippen LogP contribution in [0.5, 0.6) is 0 Å². The SMILES string of the molecule is C/C=C(/CCCCCCCCCC)[C@]1(O)C[C@@H]1C. The van der Waals surface area contributed by atoms with E-state index >= 15 is 0 Å². The Balaban J connectivity index is 2.00. The fourth-order valence-corrected chi connectivity index (χ4v) is 2.92. The van der Waals surface area contributed by atoms with Gasteiger partial charge in [0.15, 0.2) is 0 Å². The zero-order valence-corrected chi connectivity index (χ0v) is 12.7. The Labute approximate surface area is 114 Å². The van der Waals surface area contributed by atoms with E-state index in [1.807, 2.05) is 0 Å². The van der Waals surface area contributed by atoms with Gasteiger partial charge < -0.3 is 5.11 Å². The third-order valence-corrected chi connectivity index (χ3v) is 4.48. The lowest BCUT2D eigenvalue weighted by Crippen LogP contribution is -2.13. The predicted molar refractivity (Wildman–Crippen MR) is 79.7 cm³/mol. The van der Waals surface area contributed by atoms with Crippen molar-refractivity contribution in [3.63, 3.8) is 0 Å². The highest BCUT2D eigenvalue weighted by Crippen LogP contribution is 2.49. The molecule has 0 radical (unpaired) electrons. The minimum absolute atomic E-state index is 0.421. The summed E-state index contributed by atoms with van der Waals surface area (Å²) < 4.78 is 0. The zero-order valence-electron chi connectivity index (χ0n) is 12.7. The lowest BCUT2D eigenvalue weighted by atomic mass is 9.98. The molecular weight excluding hydrogens is 220 g/mol. The van der Waals surface area contributed by atoms with Crippen LogP contribution in [0.15, 0.2) is 11.6 Å². The topological polar surface area (TPSA) is 20.2 Å². The van der Waals surface area contributed by atoms with E-state index in [4.69, 9.17) is 0 Å². The largest absolute Gasteiger partial charge is 0.385 e. The molecule has 1 saturated carbocycles. The first-order valence-electron chi connectivity index (χ1n) is 8.03. The molecule has 2 atom stereocenters. The third kappa shape index (κ3) is 4.76. The van der Waals surface area contributed by atoms with Crippen LogP contribution in [0.4, 0.5) is 0 Å². The number of hydrogen-bond donors (Lipinski definition) is 1. The molecule has 1 aliphatic rings. The maximum absolute atomic E-state index is 10.3. The molecule has 1 N–H and O–H groups in total. The van der Waals surface area contributed by atoms with Crippen molar-refractivity contribution in [1.29, 1.82) is 0 Å². The lowest BCUT2D eigenvalue weighted by molar-refractivity contribution is 0.167. The number of aliphatic hydroxyl groups is 1. The average Bonchev–Trinajstić information content (AvgIpc) is 2.96. The first kappa shape index (κ1) is 15.8. The monoisotopic (exact) mass is 252 g/mol. The van der Waals surface area contributed by atoms with E-state index in [0.717, 1.165) is 12.8 Å². The van der Waals surface area contributed by atoms with Crippen LogP contribution in [0.2, 0.25) is 0 Å². The molecule has 1 rings (SSSR count). The van der Waals surface area contributed by atoms with Gasteiger partial charge >= 0.3 is 0 Å². The van der Waals surface area contributed by atoms with Crippen molar-refractivity contribution in [2.24, 2.45) is 5.92 Å². The second kappa shape index (κ2) is 7.99. The van der Waals surface area contributed by atoms with E-state index in [-0.39, 0.29) is 0 Å². The molecule has 0 unspecified atom stereocenters. The molecule has 0 bridgehead atoms. The van der Waals surface area contributed by atoms with Crippen molar-refractivity contribution >= 4 is 0 Å². The third-order valence-electron chi connectivity index (χ3n) is 4.48. The smallest absolute Gasteiger partial charge is 0.0886 e. The van der Waals surface area contributed by atoms with Crippen LogP contribution in [-0.2, 0) is 0 Å². The summed E-state index contributed by atoms with van der Waals surface area (Å²) in [4.78, 5) is 0. The first-order chi connectivity index (χ1) is 8.65. The Hall–Kier alpha value is -0.300. The Bertz CT molecular complexity index is 256. The second-order valence-electron chi connectivity index (χ2n) is 6.07. The number of rotatable bonds is 10. The summed E-state index contributed by atoms with van der Waals surface area (Å²) in [6.07, 6.45) is 15.1. The van der Waals surface area contributed by atoms with Gasteiger partial charge in [0.05, 0.1) is 5.60 Å². The van der Waals surface area contributed by atoms with Gasteiger partial charge in [-0.3, -0.25) is 0 Å². The molecular formula is C17H32O. The summed E-state index contributed by atoms with van der Waals surface area (Å²) in [6.45, 7) is 6.49. The molecule has 0 aromatic carbocycles. The summed E-state index contributed by atoms with van der Waals surface area (Å²) in [6, 6.07) is 0. The molecule has 0 aromatic rings. The van der Waals surface area contributed by atoms with Crippen molar-refractivity contribution in [2.75, 3.05) is 0 Å². The molecule has 1 nitrogen and oxygen atoms in total. The Morgan fingerprint density at radius 2 is 1.61 bits per heavy atom. The summed E-state index contributed by atoms with van der Waals surface area (Å²) in [5.41, 5.74) is 0.872. The Morgan fingerprint density at radius 3 is 2.06 bits per heavy atom. The van der Waals surface area contributed by atoms with Crippen LogP contribution in [0.3, 0.4) is 0 Å². The molecule has 0 spiro atoms. The zero-order chi connectivity index (χ0) is 13.4. The standard InChI is InChI=1S/C17H32O/c1-4-6-7-8-9-10-11-12-13-16(5-2)17(18)14-15(17)3/h5,15,18H,4,6-14H2,1-3H3/b16-5-/t15-,17-/m0/s1. The molecule has 0 aromatic heterocycles. The van der Waals surface area contributed by atoms with E-state index in [0.29, 0.717) is 5.92 Å². The fraction of sp³-hybridized carbons (Fsp3) is 0.882. The minimum Gasteiger partial charge on any atom is -0.385 e. The fourth-order valence-electron chi connectivity index (χ4n) is 2.92. The van der Waals surface area contributed by atoms with Crippen molar-refractivity contribution in [3.8, 4) is 0 Å². The van der Waals surface area contributed by atoms with Crippen LogP contribution < -0.4 is 0 Å². The summed E-state index contributed by atoms with van der Waals surface area (Å²) in [5.74, 6) is 0.484. The molecule has 0 amide bonds. The van der Waals surface area contributed by atoms with Gasteiger partial charge in [-0.1, -0.05) is 64.9 Å². The summed E-state index contributed by atoms with van der Waals surface area (Å²) in [5, 5.41) is 10.3. The molecule has 0 heterocycles. The summed E-state index contributed by atoms with van der Waals surface area (Å²) in [7, 11) is 0. The van der Waals surface area contributed by atoms with Crippen molar-refractivity contribution in [2.45, 2.75) is 90.6 Å². The molecule has 106 valence electrons. The quantitative estimate of drug-likeness (QED) is 0.417. The van der Waals surface area contributed by atoms with Crippen LogP contribution in [0.1, 0.15) is 85.0 Å². The van der Waals surface area contributed by atoms with Gasteiger partial charge in [0.2, 0.25) is 0 Å². The number of allylic oxidation sites excluding steroid dienone is 1. The van der Waals surface area contributed by atoms with Crippen LogP contribution in [0, 0.1) is 5.92 Å². The molecule has 0 saturated heterocycles. The Morgan fingerprint density at radius 1 is 1.11 bits per heavy atom. The van der Waals surface area contributed by atoms with E-state index in [2.05, 4.69) is 26.8 Å². The van der Waals surface area contributed by atoms with Gasteiger partial charge in [0.1, 0.15) is 0 Å². The van der Waals surface area contributed by atoms with Gasteiger partial charge in [-0.05, 0) is 37.7 Å². The maximum Gasteiger partial charge on any atom is 0.0886 e. The normalized spacial score (nSPS) is 27.6. The van der Waals surface area contributed by atoms with Gasteiger partial charge in [-0.2, -0.15) is 0 Å². The average molecular weight is 252 g/mol. The maximum atomic E-state index is 10.3. The van der Waals surface area contributed by atoms with Gasteiger partial charge in [0, 0.05) is 0 Å². The number of unbranched alkanes of at least 4 members (excludes halogenated alkanes) is 7.